The number of hydrogen-bond donors (Lipinski definition) is 1. The van der Waals surface area contributed by atoms with Crippen LogP contribution in [-0.2, 0) is 27.9 Å². The van der Waals surface area contributed by atoms with Gasteiger partial charge in [-0.05, 0) is 23.8 Å². The van der Waals surface area contributed by atoms with E-state index in [-0.39, 0.29) is 0 Å². The third kappa shape index (κ3) is 6.20. The zero-order valence-electron chi connectivity index (χ0n) is 19.1. The SMILES string of the molecule is Cn1cccc1C(=O)NC(=O)COC(=O)/C=C/c1cn(Cc2ccccc2)nc1-c1ccccc1. The molecule has 8 nitrogen and oxygen atoms in total. The van der Waals surface area contributed by atoms with E-state index < -0.39 is 24.4 Å². The van der Waals surface area contributed by atoms with Gasteiger partial charge in [-0.25, -0.2) is 4.79 Å². The highest BCUT2D eigenvalue weighted by Crippen LogP contribution is 2.23. The molecule has 0 aliphatic heterocycles. The number of carbonyl (C=O) groups is 3. The maximum atomic E-state index is 12.2. The van der Waals surface area contributed by atoms with Crippen LogP contribution in [0.25, 0.3) is 17.3 Å². The molecule has 2 aromatic heterocycles. The summed E-state index contributed by atoms with van der Waals surface area (Å²) in [6, 6.07) is 22.9. The Morgan fingerprint density at radius 2 is 1.69 bits per heavy atom. The van der Waals surface area contributed by atoms with Crippen LogP contribution in [0.3, 0.4) is 0 Å². The third-order valence-electron chi connectivity index (χ3n) is 5.20. The third-order valence-corrected chi connectivity index (χ3v) is 5.20. The number of esters is 1. The molecular weight excluding hydrogens is 444 g/mol. The van der Waals surface area contributed by atoms with Crippen molar-refractivity contribution in [1.82, 2.24) is 19.7 Å². The highest BCUT2D eigenvalue weighted by molar-refractivity contribution is 6.04. The average molecular weight is 469 g/mol. The van der Waals surface area contributed by atoms with Gasteiger partial charge >= 0.3 is 5.97 Å². The molecule has 0 atom stereocenters. The Labute approximate surface area is 202 Å². The van der Waals surface area contributed by atoms with Crippen molar-refractivity contribution in [2.24, 2.45) is 7.05 Å². The van der Waals surface area contributed by atoms with E-state index in [0.717, 1.165) is 22.4 Å². The fourth-order valence-corrected chi connectivity index (χ4v) is 3.50. The summed E-state index contributed by atoms with van der Waals surface area (Å²) >= 11 is 0. The van der Waals surface area contributed by atoms with Crippen molar-refractivity contribution in [3.05, 3.63) is 108 Å². The minimum atomic E-state index is -0.710. The van der Waals surface area contributed by atoms with Gasteiger partial charge in [-0.3, -0.25) is 19.6 Å². The molecule has 0 saturated carbocycles. The number of ether oxygens (including phenoxy) is 1. The number of amides is 2. The Hall–Kier alpha value is -4.72. The lowest BCUT2D eigenvalue weighted by molar-refractivity contribution is -0.143. The lowest BCUT2D eigenvalue weighted by Crippen LogP contribution is -2.34. The van der Waals surface area contributed by atoms with E-state index in [1.807, 2.05) is 71.5 Å². The van der Waals surface area contributed by atoms with Crippen molar-refractivity contribution in [3.8, 4) is 11.3 Å². The maximum absolute atomic E-state index is 12.2. The van der Waals surface area contributed by atoms with E-state index in [0.29, 0.717) is 12.2 Å². The van der Waals surface area contributed by atoms with E-state index in [9.17, 15) is 14.4 Å². The molecule has 0 fully saturated rings. The molecule has 0 aliphatic rings. The topological polar surface area (TPSA) is 95.2 Å². The summed E-state index contributed by atoms with van der Waals surface area (Å²) in [6.45, 7) is 0.00640. The number of benzene rings is 2. The lowest BCUT2D eigenvalue weighted by atomic mass is 10.1. The first-order valence-corrected chi connectivity index (χ1v) is 11.0. The summed E-state index contributed by atoms with van der Waals surface area (Å²) < 4.78 is 8.39. The zero-order chi connectivity index (χ0) is 24.6. The van der Waals surface area contributed by atoms with Crippen LogP contribution in [0.1, 0.15) is 21.6 Å². The van der Waals surface area contributed by atoms with Crippen LogP contribution in [-0.4, -0.2) is 38.7 Å². The second-order valence-corrected chi connectivity index (χ2v) is 7.80. The minimum absolute atomic E-state index is 0.325. The monoisotopic (exact) mass is 468 g/mol. The standard InChI is InChI=1S/C27H24N4O4/c1-30-16-8-13-23(30)27(34)28-24(32)19-35-25(33)15-14-22-18-31(17-20-9-4-2-5-10-20)29-26(22)21-11-6-3-7-12-21/h2-16,18H,17,19H2,1H3,(H,28,32,34)/b15-14+. The quantitative estimate of drug-likeness (QED) is 0.316. The minimum Gasteiger partial charge on any atom is -0.452 e. The van der Waals surface area contributed by atoms with Gasteiger partial charge in [-0.2, -0.15) is 5.10 Å². The largest absolute Gasteiger partial charge is 0.452 e. The van der Waals surface area contributed by atoms with Gasteiger partial charge in [0.15, 0.2) is 6.61 Å². The first kappa shape index (κ1) is 23.4. The molecule has 0 bridgehead atoms. The molecule has 4 rings (SSSR count). The summed E-state index contributed by atoms with van der Waals surface area (Å²) in [5.74, 6) is -1.98. The van der Waals surface area contributed by atoms with Crippen molar-refractivity contribution < 1.29 is 19.1 Å². The number of nitrogens with zero attached hydrogens (tertiary/aromatic N) is 3. The Morgan fingerprint density at radius 1 is 0.971 bits per heavy atom. The van der Waals surface area contributed by atoms with Crippen molar-refractivity contribution in [3.63, 3.8) is 0 Å². The van der Waals surface area contributed by atoms with Crippen LogP contribution >= 0.6 is 0 Å². The fourth-order valence-electron chi connectivity index (χ4n) is 3.50. The Bertz CT molecular complexity index is 1350. The van der Waals surface area contributed by atoms with Gasteiger partial charge < -0.3 is 9.30 Å². The number of aryl methyl sites for hydroxylation is 1. The molecule has 0 saturated heterocycles. The molecule has 1 N–H and O–H groups in total. The Balaban J connectivity index is 1.41. The molecule has 0 spiro atoms. The number of rotatable bonds is 8. The highest BCUT2D eigenvalue weighted by atomic mass is 16.5. The molecule has 35 heavy (non-hydrogen) atoms. The van der Waals surface area contributed by atoms with Gasteiger partial charge in [0.2, 0.25) is 0 Å². The maximum Gasteiger partial charge on any atom is 0.331 e. The summed E-state index contributed by atoms with van der Waals surface area (Å²) in [7, 11) is 1.69. The molecule has 2 aromatic carbocycles. The summed E-state index contributed by atoms with van der Waals surface area (Å²) in [4.78, 5) is 36.3. The molecule has 4 aromatic rings. The van der Waals surface area contributed by atoms with Crippen molar-refractivity contribution in [2.45, 2.75) is 6.54 Å². The van der Waals surface area contributed by atoms with Crippen LogP contribution in [0.15, 0.2) is 91.3 Å². The molecule has 2 amide bonds. The van der Waals surface area contributed by atoms with Crippen LogP contribution in [0.5, 0.6) is 0 Å². The smallest absolute Gasteiger partial charge is 0.331 e. The second-order valence-electron chi connectivity index (χ2n) is 7.80. The van der Waals surface area contributed by atoms with Crippen LogP contribution < -0.4 is 5.32 Å². The second kappa shape index (κ2) is 10.9. The van der Waals surface area contributed by atoms with Crippen LogP contribution in [0.4, 0.5) is 0 Å². The summed E-state index contributed by atoms with van der Waals surface area (Å²) in [6.07, 6.45) is 6.38. The number of nitrogens with one attached hydrogen (secondary N) is 1. The Kier molecular flexibility index (Phi) is 7.32. The van der Waals surface area contributed by atoms with Gasteiger partial charge in [0.05, 0.1) is 12.2 Å². The van der Waals surface area contributed by atoms with Crippen LogP contribution in [0, 0.1) is 0 Å². The van der Waals surface area contributed by atoms with Gasteiger partial charge in [-0.15, -0.1) is 0 Å². The number of imide groups is 1. The predicted molar refractivity (Wildman–Crippen MR) is 131 cm³/mol. The number of carbonyl (C=O) groups excluding carboxylic acids is 3. The van der Waals surface area contributed by atoms with E-state index in [4.69, 9.17) is 9.84 Å². The Morgan fingerprint density at radius 3 is 2.37 bits per heavy atom. The molecule has 0 aliphatic carbocycles. The summed E-state index contributed by atoms with van der Waals surface area (Å²) in [5.41, 5.74) is 3.78. The fraction of sp³-hybridized carbons (Fsp3) is 0.111. The van der Waals surface area contributed by atoms with Gasteiger partial charge in [-0.1, -0.05) is 60.7 Å². The first-order chi connectivity index (χ1) is 17.0. The molecule has 0 unspecified atom stereocenters. The molecule has 176 valence electrons. The average Bonchev–Trinajstić information content (AvgIpc) is 3.48. The number of hydrogen-bond acceptors (Lipinski definition) is 5. The van der Waals surface area contributed by atoms with Crippen molar-refractivity contribution in [1.29, 1.82) is 0 Å². The summed E-state index contributed by atoms with van der Waals surface area (Å²) in [5, 5.41) is 6.90. The van der Waals surface area contributed by atoms with E-state index in [2.05, 4.69) is 5.32 Å². The highest BCUT2D eigenvalue weighted by Gasteiger charge is 2.14. The van der Waals surface area contributed by atoms with Crippen molar-refractivity contribution >= 4 is 23.9 Å². The predicted octanol–water partition coefficient (Wildman–Crippen LogP) is 3.45. The van der Waals surface area contributed by atoms with E-state index in [1.165, 1.54) is 6.08 Å². The molecule has 8 heteroatoms. The van der Waals surface area contributed by atoms with Gasteiger partial charge in [0.25, 0.3) is 11.8 Å². The van der Waals surface area contributed by atoms with Crippen LogP contribution in [0.2, 0.25) is 0 Å². The van der Waals surface area contributed by atoms with E-state index >= 15 is 0 Å². The van der Waals surface area contributed by atoms with Gasteiger partial charge in [0, 0.05) is 36.6 Å². The first-order valence-electron chi connectivity index (χ1n) is 11.0. The normalized spacial score (nSPS) is 10.9. The lowest BCUT2D eigenvalue weighted by Gasteiger charge is -2.05. The van der Waals surface area contributed by atoms with E-state index in [1.54, 1.807) is 36.0 Å². The molecule has 0 radical (unpaired) electrons. The molecular formula is C27H24N4O4. The number of aromatic nitrogens is 3. The van der Waals surface area contributed by atoms with Crippen molar-refractivity contribution in [2.75, 3.05) is 6.61 Å². The molecule has 2 heterocycles. The van der Waals surface area contributed by atoms with Gasteiger partial charge in [0.1, 0.15) is 5.69 Å². The zero-order valence-corrected chi connectivity index (χ0v) is 19.1.